The predicted molar refractivity (Wildman–Crippen MR) is 75.0 cm³/mol. The first-order valence-electron chi connectivity index (χ1n) is 5.53. The molecule has 4 nitrogen and oxygen atoms in total. The second-order valence-electron chi connectivity index (χ2n) is 3.69. The van der Waals surface area contributed by atoms with Crippen molar-refractivity contribution < 1.29 is 14.6 Å². The van der Waals surface area contributed by atoms with Gasteiger partial charge in [-0.3, -0.25) is 4.90 Å². The molecule has 0 aromatic heterocycles. The number of carbonyl (C=O) groups is 1. The van der Waals surface area contributed by atoms with Gasteiger partial charge < -0.3 is 9.84 Å². The van der Waals surface area contributed by atoms with E-state index in [9.17, 15) is 4.79 Å². The van der Waals surface area contributed by atoms with Crippen molar-refractivity contribution in [2.24, 2.45) is 0 Å². The normalized spacial score (nSPS) is 9.74. The molecular weight excluding hydrogens is 289 g/mol. The highest BCUT2D eigenvalue weighted by Crippen LogP contribution is 2.27. The fourth-order valence-electron chi connectivity index (χ4n) is 1.38. The van der Waals surface area contributed by atoms with Gasteiger partial charge in [0.1, 0.15) is 5.75 Å². The Kier molecular flexibility index (Phi) is 6.34. The maximum absolute atomic E-state index is 10.8. The highest BCUT2D eigenvalue weighted by atomic mass is 35.5. The largest absolute Gasteiger partial charge is 0.492 e. The highest BCUT2D eigenvalue weighted by molar-refractivity contribution is 6.35. The summed E-state index contributed by atoms with van der Waals surface area (Å²) in [6.45, 7) is 0.720. The van der Waals surface area contributed by atoms with E-state index in [1.54, 1.807) is 18.2 Å². The van der Waals surface area contributed by atoms with Crippen LogP contribution in [0.2, 0.25) is 10.0 Å². The van der Waals surface area contributed by atoms with Crippen molar-refractivity contribution in [3.05, 3.63) is 28.2 Å². The maximum Gasteiger partial charge on any atom is 0.408 e. The second-order valence-corrected chi connectivity index (χ2v) is 4.53. The maximum atomic E-state index is 10.8. The Morgan fingerprint density at radius 3 is 2.79 bits per heavy atom. The van der Waals surface area contributed by atoms with E-state index >= 15 is 0 Å². The summed E-state index contributed by atoms with van der Waals surface area (Å²) in [5.74, 6) is 2.81. The first kappa shape index (κ1) is 15.5. The lowest BCUT2D eigenvalue weighted by Gasteiger charge is -2.16. The minimum absolute atomic E-state index is 0.0665. The number of carboxylic acid groups (broad SMARTS) is 1. The van der Waals surface area contributed by atoms with E-state index in [1.807, 2.05) is 0 Å². The van der Waals surface area contributed by atoms with E-state index in [-0.39, 0.29) is 6.54 Å². The molecule has 1 amide bonds. The lowest BCUT2D eigenvalue weighted by atomic mass is 10.3. The third kappa shape index (κ3) is 5.29. The van der Waals surface area contributed by atoms with E-state index in [0.29, 0.717) is 35.4 Å². The monoisotopic (exact) mass is 301 g/mol. The Balaban J connectivity index is 2.38. The van der Waals surface area contributed by atoms with E-state index in [0.717, 1.165) is 4.90 Å². The first-order chi connectivity index (χ1) is 9.04. The summed E-state index contributed by atoms with van der Waals surface area (Å²) in [5.41, 5.74) is 0. The van der Waals surface area contributed by atoms with Crippen LogP contribution >= 0.6 is 23.2 Å². The van der Waals surface area contributed by atoms with Crippen molar-refractivity contribution in [3.63, 3.8) is 0 Å². The quantitative estimate of drug-likeness (QED) is 0.647. The zero-order valence-corrected chi connectivity index (χ0v) is 11.6. The Hall–Kier alpha value is -1.57. The molecule has 1 N–H and O–H groups in total. The molecule has 0 radical (unpaired) electrons. The highest BCUT2D eigenvalue weighted by Gasteiger charge is 2.09. The average Bonchev–Trinajstić information content (AvgIpc) is 2.35. The van der Waals surface area contributed by atoms with Crippen molar-refractivity contribution in [2.75, 3.05) is 19.7 Å². The second kappa shape index (κ2) is 7.78. The minimum atomic E-state index is -1.04. The molecule has 6 heteroatoms. The molecule has 102 valence electrons. The SMILES string of the molecule is C#CCN(CCCOc1ccc(Cl)cc1Cl)C(=O)O. The molecule has 1 aromatic rings. The van der Waals surface area contributed by atoms with E-state index < -0.39 is 6.09 Å². The zero-order chi connectivity index (χ0) is 14.3. The van der Waals surface area contributed by atoms with Gasteiger partial charge >= 0.3 is 6.09 Å². The third-order valence-electron chi connectivity index (χ3n) is 2.28. The molecule has 0 bridgehead atoms. The van der Waals surface area contributed by atoms with Crippen molar-refractivity contribution in [3.8, 4) is 18.1 Å². The molecule has 0 spiro atoms. The molecule has 1 aromatic carbocycles. The Labute approximate surface area is 121 Å². The molecule has 0 aliphatic heterocycles. The average molecular weight is 302 g/mol. The Morgan fingerprint density at radius 1 is 1.47 bits per heavy atom. The molecule has 0 fully saturated rings. The molecular formula is C13H13Cl2NO3. The van der Waals surface area contributed by atoms with Crippen LogP contribution in [0.25, 0.3) is 0 Å². The number of nitrogens with zero attached hydrogens (tertiary/aromatic N) is 1. The van der Waals surface area contributed by atoms with Crippen LogP contribution in [0.15, 0.2) is 18.2 Å². The van der Waals surface area contributed by atoms with Gasteiger partial charge in [-0.1, -0.05) is 29.1 Å². The van der Waals surface area contributed by atoms with Crippen LogP contribution in [0.4, 0.5) is 4.79 Å². The smallest absolute Gasteiger partial charge is 0.408 e. The van der Waals surface area contributed by atoms with Crippen LogP contribution in [0, 0.1) is 12.3 Å². The van der Waals surface area contributed by atoms with E-state index in [4.69, 9.17) is 39.5 Å². The zero-order valence-electron chi connectivity index (χ0n) is 10.1. The summed E-state index contributed by atoms with van der Waals surface area (Å²) in [7, 11) is 0. The van der Waals surface area contributed by atoms with E-state index in [1.165, 1.54) is 0 Å². The summed E-state index contributed by atoms with van der Waals surface area (Å²) in [6, 6.07) is 4.92. The lowest BCUT2D eigenvalue weighted by Crippen LogP contribution is -2.31. The van der Waals surface area contributed by atoms with Gasteiger partial charge in [0.05, 0.1) is 18.2 Å². The number of benzene rings is 1. The molecule has 0 unspecified atom stereocenters. The van der Waals surface area contributed by atoms with Gasteiger partial charge in [0.2, 0.25) is 0 Å². The van der Waals surface area contributed by atoms with Crippen molar-refractivity contribution >= 4 is 29.3 Å². The van der Waals surface area contributed by atoms with Crippen LogP contribution in [0.3, 0.4) is 0 Å². The Bertz CT molecular complexity index is 485. The number of amides is 1. The molecule has 0 aliphatic carbocycles. The van der Waals surface area contributed by atoms with Gasteiger partial charge in [0.15, 0.2) is 0 Å². The number of halogens is 2. The summed E-state index contributed by atoms with van der Waals surface area (Å²) < 4.78 is 5.44. The number of terminal acetylenes is 1. The summed E-state index contributed by atoms with van der Waals surface area (Å²) in [6.07, 6.45) is 4.56. The molecule has 0 saturated heterocycles. The van der Waals surface area contributed by atoms with Crippen LogP contribution in [0.5, 0.6) is 5.75 Å². The summed E-state index contributed by atoms with van der Waals surface area (Å²) in [4.78, 5) is 11.9. The van der Waals surface area contributed by atoms with Crippen LogP contribution in [-0.2, 0) is 0 Å². The van der Waals surface area contributed by atoms with Gasteiger partial charge in [-0.2, -0.15) is 0 Å². The molecule has 0 heterocycles. The van der Waals surface area contributed by atoms with Crippen LogP contribution in [0.1, 0.15) is 6.42 Å². The van der Waals surface area contributed by atoms with Gasteiger partial charge in [0, 0.05) is 11.6 Å². The summed E-state index contributed by atoms with van der Waals surface area (Å²) in [5, 5.41) is 9.80. The fourth-order valence-corrected chi connectivity index (χ4v) is 1.85. The van der Waals surface area contributed by atoms with Gasteiger partial charge in [-0.05, 0) is 24.6 Å². The van der Waals surface area contributed by atoms with Crippen molar-refractivity contribution in [1.82, 2.24) is 4.90 Å². The third-order valence-corrected chi connectivity index (χ3v) is 2.81. The predicted octanol–water partition coefficient (Wildman–Crippen LogP) is 3.38. The van der Waals surface area contributed by atoms with Crippen molar-refractivity contribution in [2.45, 2.75) is 6.42 Å². The molecule has 0 saturated carbocycles. The first-order valence-corrected chi connectivity index (χ1v) is 6.29. The standard InChI is InChI=1S/C13H13Cl2NO3/c1-2-6-16(13(17)18)7-3-8-19-12-5-4-10(14)9-11(12)15/h1,4-5,9H,3,6-8H2,(H,17,18). The molecule has 0 aliphatic rings. The number of rotatable bonds is 6. The molecule has 19 heavy (non-hydrogen) atoms. The Morgan fingerprint density at radius 2 is 2.21 bits per heavy atom. The number of hydrogen-bond acceptors (Lipinski definition) is 2. The molecule has 0 atom stereocenters. The minimum Gasteiger partial charge on any atom is -0.492 e. The van der Waals surface area contributed by atoms with Gasteiger partial charge in [-0.15, -0.1) is 6.42 Å². The lowest BCUT2D eigenvalue weighted by molar-refractivity contribution is 0.147. The fraction of sp³-hybridized carbons (Fsp3) is 0.308. The van der Waals surface area contributed by atoms with Gasteiger partial charge in [-0.25, -0.2) is 4.79 Å². The molecule has 1 rings (SSSR count). The van der Waals surface area contributed by atoms with E-state index in [2.05, 4.69) is 5.92 Å². The van der Waals surface area contributed by atoms with Crippen LogP contribution < -0.4 is 4.74 Å². The number of ether oxygens (including phenoxy) is 1. The summed E-state index contributed by atoms with van der Waals surface area (Å²) >= 11 is 11.7. The van der Waals surface area contributed by atoms with Crippen LogP contribution in [-0.4, -0.2) is 35.8 Å². The number of hydrogen-bond donors (Lipinski definition) is 1. The van der Waals surface area contributed by atoms with Gasteiger partial charge in [0.25, 0.3) is 0 Å². The topological polar surface area (TPSA) is 49.8 Å². The van der Waals surface area contributed by atoms with Crippen molar-refractivity contribution in [1.29, 1.82) is 0 Å².